The van der Waals surface area contributed by atoms with Crippen LogP contribution in [0.4, 0.5) is 5.69 Å². The molecular weight excluding hydrogens is 540 g/mol. The fourth-order valence-electron chi connectivity index (χ4n) is 6.32. The summed E-state index contributed by atoms with van der Waals surface area (Å²) in [4.78, 5) is 42.9. The molecule has 5 heterocycles. The number of aliphatic hydroxyl groups excluding tert-OH is 1. The Morgan fingerprint density at radius 3 is 2.64 bits per heavy atom. The Hall–Kier alpha value is -3.05. The van der Waals surface area contributed by atoms with Crippen molar-refractivity contribution in [3.05, 3.63) is 45.9 Å². The summed E-state index contributed by atoms with van der Waals surface area (Å²) in [5, 5.41) is 20.7. The topological polar surface area (TPSA) is 123 Å². The van der Waals surface area contributed by atoms with Gasteiger partial charge in [-0.05, 0) is 55.5 Å². The number of anilines is 1. The summed E-state index contributed by atoms with van der Waals surface area (Å²) in [6.45, 7) is 2.04. The molecule has 4 aliphatic rings. The van der Waals surface area contributed by atoms with Gasteiger partial charge >= 0.3 is 0 Å². The summed E-state index contributed by atoms with van der Waals surface area (Å²) >= 11 is 8.25. The average molecular weight is 569 g/mol. The first-order chi connectivity index (χ1) is 18.9. The number of rotatable bonds is 5. The Bertz CT molecular complexity index is 1440. The molecule has 0 radical (unpaired) electrons. The summed E-state index contributed by atoms with van der Waals surface area (Å²) in [6, 6.07) is 8.65. The van der Waals surface area contributed by atoms with Crippen molar-refractivity contribution < 1.29 is 24.6 Å². The lowest BCUT2D eigenvalue weighted by molar-refractivity contribution is -0.142. The zero-order valence-corrected chi connectivity index (χ0v) is 22.7. The fourth-order valence-corrected chi connectivity index (χ4v) is 7.69. The van der Waals surface area contributed by atoms with Crippen LogP contribution in [0.3, 0.4) is 0 Å². The van der Waals surface area contributed by atoms with Crippen molar-refractivity contribution in [3.8, 4) is 11.1 Å². The lowest BCUT2D eigenvalue weighted by atomic mass is 9.92. The molecule has 0 spiro atoms. The van der Waals surface area contributed by atoms with Gasteiger partial charge in [-0.3, -0.25) is 24.3 Å². The van der Waals surface area contributed by atoms with Crippen LogP contribution < -0.4 is 10.2 Å². The van der Waals surface area contributed by atoms with Gasteiger partial charge in [-0.2, -0.15) is 0 Å². The van der Waals surface area contributed by atoms with Gasteiger partial charge < -0.3 is 20.4 Å². The van der Waals surface area contributed by atoms with E-state index in [2.05, 4.69) is 27.3 Å². The van der Waals surface area contributed by atoms with Gasteiger partial charge in [0.25, 0.3) is 6.47 Å². The Balaban J connectivity index is 0.000000883. The Morgan fingerprint density at radius 2 is 1.92 bits per heavy atom. The maximum atomic E-state index is 12.5. The minimum Gasteiger partial charge on any atom is -0.483 e. The van der Waals surface area contributed by atoms with E-state index in [4.69, 9.17) is 21.5 Å². The summed E-state index contributed by atoms with van der Waals surface area (Å²) in [5.74, 6) is -0.219. The van der Waals surface area contributed by atoms with Crippen molar-refractivity contribution in [2.24, 2.45) is 11.8 Å². The van der Waals surface area contributed by atoms with Gasteiger partial charge in [0, 0.05) is 58.1 Å². The van der Waals surface area contributed by atoms with Crippen LogP contribution in [0.1, 0.15) is 29.7 Å². The van der Waals surface area contributed by atoms with Gasteiger partial charge in [-0.15, -0.1) is 11.3 Å². The number of thiophene rings is 1. The number of likely N-dealkylation sites (tertiary alicyclic amines) is 1. The number of amides is 2. The predicted octanol–water partition coefficient (Wildman–Crippen LogP) is 3.30. The molecule has 3 aromatic rings. The predicted molar refractivity (Wildman–Crippen MR) is 149 cm³/mol. The second-order valence-corrected chi connectivity index (χ2v) is 12.1. The molecule has 3 N–H and O–H groups in total. The quantitative estimate of drug-likeness (QED) is 0.316. The average Bonchev–Trinajstić information content (AvgIpc) is 3.28. The second-order valence-electron chi connectivity index (χ2n) is 10.5. The number of carboxylic acid groups (broad SMARTS) is 1. The van der Waals surface area contributed by atoms with E-state index < -0.39 is 0 Å². The minimum absolute atomic E-state index is 0.0263. The Labute approximate surface area is 234 Å². The van der Waals surface area contributed by atoms with Gasteiger partial charge in [0.05, 0.1) is 35.2 Å². The molecule has 4 atom stereocenters. The number of nitrogens with one attached hydrogen (secondary N) is 1. The third-order valence-corrected chi connectivity index (χ3v) is 9.53. The van der Waals surface area contributed by atoms with Gasteiger partial charge in [0.1, 0.15) is 0 Å². The zero-order chi connectivity index (χ0) is 27.3. The van der Waals surface area contributed by atoms with Crippen molar-refractivity contribution in [3.63, 3.8) is 0 Å². The molecule has 2 unspecified atom stereocenters. The SMILES string of the molecule is O=C1C2CC2C(=O)N1Cc1cc2nccc(-c3cc(Cl)cc4c3N([C@@H]3CN[C@@H](CO)C3)CCC4)c2s1.O=CO. The number of halogens is 1. The highest BCUT2D eigenvalue weighted by Gasteiger charge is 2.58. The first kappa shape index (κ1) is 26.2. The number of pyridine rings is 1. The molecule has 204 valence electrons. The molecule has 2 saturated heterocycles. The number of hydrogen-bond acceptors (Lipinski definition) is 8. The highest BCUT2D eigenvalue weighted by molar-refractivity contribution is 7.19. The van der Waals surface area contributed by atoms with E-state index in [9.17, 15) is 14.7 Å². The smallest absolute Gasteiger partial charge is 0.290 e. The highest BCUT2D eigenvalue weighted by Crippen LogP contribution is 2.48. The van der Waals surface area contributed by atoms with Crippen LogP contribution in [0.2, 0.25) is 5.02 Å². The number of hydrogen-bond donors (Lipinski definition) is 3. The van der Waals surface area contributed by atoms with Crippen molar-refractivity contribution >= 4 is 57.1 Å². The number of nitrogens with zero attached hydrogens (tertiary/aromatic N) is 3. The van der Waals surface area contributed by atoms with Crippen LogP contribution in [0.25, 0.3) is 21.3 Å². The standard InChI is InChI=1S/C27H27ClN4O3S.CH2O2/c28-15-6-14-2-1-5-31(17-8-16(13-33)30-11-17)24(14)20(7-15)19-3-4-29-23-9-18(36-25(19)23)12-32-26(34)21-10-22(21)27(32)35;2-1-3/h3-4,6-7,9,16-17,21-22,30,33H,1-2,5,8,10-13H2;1H,(H,2,3)/t16-,17+,21?,22?;/m1./s1. The number of aliphatic hydroxyl groups is 1. The lowest BCUT2D eigenvalue weighted by Crippen LogP contribution is -2.40. The largest absolute Gasteiger partial charge is 0.483 e. The zero-order valence-electron chi connectivity index (χ0n) is 21.2. The normalized spacial score (nSPS) is 25.4. The van der Waals surface area contributed by atoms with Crippen LogP contribution in [0.15, 0.2) is 30.5 Å². The number of carbonyl (C=O) groups is 3. The van der Waals surface area contributed by atoms with Crippen LogP contribution in [-0.2, 0) is 27.3 Å². The molecule has 3 fully saturated rings. The summed E-state index contributed by atoms with van der Waals surface area (Å²) < 4.78 is 1.05. The first-order valence-corrected chi connectivity index (χ1v) is 14.4. The third kappa shape index (κ3) is 4.69. The maximum Gasteiger partial charge on any atom is 0.290 e. The van der Waals surface area contributed by atoms with Gasteiger partial charge in [0.15, 0.2) is 0 Å². The number of fused-ring (bicyclic) bond motifs is 3. The number of carbonyl (C=O) groups excluding carboxylic acids is 2. The van der Waals surface area contributed by atoms with E-state index in [1.807, 2.05) is 18.3 Å². The van der Waals surface area contributed by atoms with E-state index in [0.29, 0.717) is 12.6 Å². The fraction of sp³-hybridized carbons (Fsp3) is 0.429. The summed E-state index contributed by atoms with van der Waals surface area (Å²) in [7, 11) is 0. The van der Waals surface area contributed by atoms with Crippen molar-refractivity contribution in [1.82, 2.24) is 15.2 Å². The number of benzene rings is 1. The maximum absolute atomic E-state index is 12.5. The van der Waals surface area contributed by atoms with Crippen LogP contribution in [0, 0.1) is 11.8 Å². The monoisotopic (exact) mass is 568 g/mol. The minimum atomic E-state index is -0.250. The van der Waals surface area contributed by atoms with Gasteiger partial charge in [-0.25, -0.2) is 0 Å². The molecule has 11 heteroatoms. The van der Waals surface area contributed by atoms with Crippen LogP contribution in [0.5, 0.6) is 0 Å². The number of aromatic nitrogens is 1. The molecule has 2 aromatic heterocycles. The van der Waals surface area contributed by atoms with Crippen molar-refractivity contribution in [2.75, 3.05) is 24.6 Å². The third-order valence-electron chi connectivity index (χ3n) is 8.17. The van der Waals surface area contributed by atoms with E-state index in [1.54, 1.807) is 11.3 Å². The first-order valence-electron chi connectivity index (χ1n) is 13.2. The molecule has 39 heavy (non-hydrogen) atoms. The van der Waals surface area contributed by atoms with E-state index >= 15 is 0 Å². The number of imide groups is 1. The molecule has 1 aliphatic carbocycles. The van der Waals surface area contributed by atoms with Gasteiger partial charge in [0.2, 0.25) is 11.8 Å². The molecular formula is C28H29ClN4O5S. The van der Waals surface area contributed by atoms with E-state index in [1.165, 1.54) is 16.2 Å². The Morgan fingerprint density at radius 1 is 1.15 bits per heavy atom. The summed E-state index contributed by atoms with van der Waals surface area (Å²) in [5.41, 5.74) is 5.53. The molecule has 7 rings (SSSR count). The van der Waals surface area contributed by atoms with Gasteiger partial charge in [-0.1, -0.05) is 11.6 Å². The van der Waals surface area contributed by atoms with E-state index in [-0.39, 0.29) is 42.8 Å². The number of piperidine rings is 1. The second kappa shape index (κ2) is 10.5. The molecule has 1 saturated carbocycles. The number of aryl methyl sites for hydroxylation is 1. The van der Waals surface area contributed by atoms with Crippen molar-refractivity contribution in [2.45, 2.75) is 44.3 Å². The summed E-state index contributed by atoms with van der Waals surface area (Å²) in [6.07, 6.45) is 5.51. The molecule has 0 bridgehead atoms. The molecule has 1 aromatic carbocycles. The van der Waals surface area contributed by atoms with Crippen LogP contribution >= 0.6 is 22.9 Å². The molecule has 2 amide bonds. The lowest BCUT2D eigenvalue weighted by Gasteiger charge is -2.38. The molecule has 9 nitrogen and oxygen atoms in total. The van der Waals surface area contributed by atoms with Crippen molar-refractivity contribution in [1.29, 1.82) is 0 Å². The Kier molecular flexibility index (Phi) is 7.05. The van der Waals surface area contributed by atoms with E-state index in [0.717, 1.165) is 70.0 Å². The molecule has 3 aliphatic heterocycles. The highest BCUT2D eigenvalue weighted by atomic mass is 35.5. The van der Waals surface area contributed by atoms with Crippen LogP contribution in [-0.4, -0.2) is 70.2 Å².